The van der Waals surface area contributed by atoms with Crippen LogP contribution in [0.3, 0.4) is 0 Å². The minimum absolute atomic E-state index is 0.220. The van der Waals surface area contributed by atoms with E-state index in [2.05, 4.69) is 10.6 Å². The van der Waals surface area contributed by atoms with Crippen molar-refractivity contribution in [3.8, 4) is 5.75 Å². The Morgan fingerprint density at radius 1 is 0.821 bits per heavy atom. The lowest BCUT2D eigenvalue weighted by atomic mass is 10.2. The van der Waals surface area contributed by atoms with Crippen LogP contribution in [0.25, 0.3) is 0 Å². The highest BCUT2D eigenvalue weighted by Gasteiger charge is 2.11. The first kappa shape index (κ1) is 19.5. The molecule has 0 aliphatic carbocycles. The van der Waals surface area contributed by atoms with Crippen LogP contribution in [0.1, 0.15) is 27.6 Å². The summed E-state index contributed by atoms with van der Waals surface area (Å²) in [6.07, 6.45) is 0. The molecular formula is C22H19ClN2O3. The number of hydrogen-bond acceptors (Lipinski definition) is 3. The van der Waals surface area contributed by atoms with Crippen molar-refractivity contribution >= 4 is 34.8 Å². The molecule has 0 spiro atoms. The fourth-order valence-corrected chi connectivity index (χ4v) is 2.82. The van der Waals surface area contributed by atoms with Crippen molar-refractivity contribution in [1.82, 2.24) is 0 Å². The smallest absolute Gasteiger partial charge is 0.255 e. The molecule has 3 aromatic rings. The predicted molar refractivity (Wildman–Crippen MR) is 111 cm³/mol. The fraction of sp³-hybridized carbons (Fsp3) is 0.0909. The zero-order chi connectivity index (χ0) is 19.9. The minimum Gasteiger partial charge on any atom is -0.492 e. The molecule has 5 nitrogen and oxygen atoms in total. The highest BCUT2D eigenvalue weighted by molar-refractivity contribution is 6.32. The Kier molecular flexibility index (Phi) is 6.29. The summed E-state index contributed by atoms with van der Waals surface area (Å²) >= 11 is 6.14. The number of rotatable bonds is 6. The second-order valence-corrected chi connectivity index (χ2v) is 6.34. The normalized spacial score (nSPS) is 10.2. The topological polar surface area (TPSA) is 67.4 Å². The molecular weight excluding hydrogens is 376 g/mol. The van der Waals surface area contributed by atoms with E-state index in [0.29, 0.717) is 39.9 Å². The molecule has 0 fully saturated rings. The van der Waals surface area contributed by atoms with Crippen LogP contribution in [0.5, 0.6) is 5.75 Å². The molecule has 0 bridgehead atoms. The molecule has 3 rings (SSSR count). The van der Waals surface area contributed by atoms with Crippen LogP contribution in [-0.4, -0.2) is 18.4 Å². The largest absolute Gasteiger partial charge is 0.492 e. The summed E-state index contributed by atoms with van der Waals surface area (Å²) in [7, 11) is 0. The van der Waals surface area contributed by atoms with Gasteiger partial charge in [0, 0.05) is 22.5 Å². The lowest BCUT2D eigenvalue weighted by molar-refractivity contribution is 0.101. The van der Waals surface area contributed by atoms with Crippen LogP contribution < -0.4 is 15.4 Å². The zero-order valence-corrected chi connectivity index (χ0v) is 16.0. The third-order valence-corrected chi connectivity index (χ3v) is 4.20. The van der Waals surface area contributed by atoms with E-state index in [4.69, 9.17) is 16.3 Å². The third kappa shape index (κ3) is 4.90. The van der Waals surface area contributed by atoms with E-state index in [9.17, 15) is 9.59 Å². The van der Waals surface area contributed by atoms with Gasteiger partial charge in [-0.1, -0.05) is 35.9 Å². The maximum atomic E-state index is 12.5. The van der Waals surface area contributed by atoms with Crippen molar-refractivity contribution in [2.75, 3.05) is 17.2 Å². The Labute approximate surface area is 168 Å². The van der Waals surface area contributed by atoms with E-state index in [-0.39, 0.29) is 11.8 Å². The Morgan fingerprint density at radius 3 is 2.07 bits per heavy atom. The fourth-order valence-electron chi connectivity index (χ4n) is 2.59. The van der Waals surface area contributed by atoms with Gasteiger partial charge in [-0.3, -0.25) is 9.59 Å². The molecule has 0 radical (unpaired) electrons. The minimum atomic E-state index is -0.309. The van der Waals surface area contributed by atoms with Gasteiger partial charge in [-0.2, -0.15) is 0 Å². The van der Waals surface area contributed by atoms with Gasteiger partial charge in [-0.25, -0.2) is 0 Å². The average Bonchev–Trinajstić information content (AvgIpc) is 2.70. The highest BCUT2D eigenvalue weighted by atomic mass is 35.5. The summed E-state index contributed by atoms with van der Waals surface area (Å²) in [5.41, 5.74) is 2.10. The summed E-state index contributed by atoms with van der Waals surface area (Å²) in [5.74, 6) is 0.00481. The molecule has 0 saturated heterocycles. The Bertz CT molecular complexity index is 990. The Hall–Kier alpha value is -3.31. The SMILES string of the molecule is CCOc1ccc(C(=O)Nc2cccc(NC(=O)c3ccccc3)c2)cc1Cl. The molecule has 3 aromatic carbocycles. The lowest BCUT2D eigenvalue weighted by Gasteiger charge is -2.10. The van der Waals surface area contributed by atoms with Crippen molar-refractivity contribution in [2.45, 2.75) is 6.92 Å². The van der Waals surface area contributed by atoms with Crippen molar-refractivity contribution in [2.24, 2.45) is 0 Å². The number of carbonyl (C=O) groups excluding carboxylic acids is 2. The van der Waals surface area contributed by atoms with E-state index >= 15 is 0 Å². The maximum absolute atomic E-state index is 12.5. The molecule has 0 unspecified atom stereocenters. The summed E-state index contributed by atoms with van der Waals surface area (Å²) in [5, 5.41) is 5.99. The van der Waals surface area contributed by atoms with Gasteiger partial charge in [0.25, 0.3) is 11.8 Å². The molecule has 0 aromatic heterocycles. The van der Waals surface area contributed by atoms with Crippen molar-refractivity contribution in [3.63, 3.8) is 0 Å². The third-order valence-electron chi connectivity index (χ3n) is 3.91. The van der Waals surface area contributed by atoms with Gasteiger partial charge < -0.3 is 15.4 Å². The molecule has 2 N–H and O–H groups in total. The second kappa shape index (κ2) is 9.06. The van der Waals surface area contributed by atoms with Gasteiger partial charge >= 0.3 is 0 Å². The van der Waals surface area contributed by atoms with Gasteiger partial charge in [0.15, 0.2) is 0 Å². The molecule has 2 amide bonds. The number of anilines is 2. The van der Waals surface area contributed by atoms with Gasteiger partial charge in [-0.05, 0) is 55.5 Å². The number of carbonyl (C=O) groups is 2. The van der Waals surface area contributed by atoms with Crippen LogP contribution in [-0.2, 0) is 0 Å². The number of ether oxygens (including phenoxy) is 1. The van der Waals surface area contributed by atoms with Crippen LogP contribution in [0.2, 0.25) is 5.02 Å². The molecule has 28 heavy (non-hydrogen) atoms. The predicted octanol–water partition coefficient (Wildman–Crippen LogP) is 5.24. The monoisotopic (exact) mass is 394 g/mol. The molecule has 0 aliphatic rings. The van der Waals surface area contributed by atoms with Crippen LogP contribution in [0.15, 0.2) is 72.8 Å². The molecule has 0 aliphatic heterocycles. The maximum Gasteiger partial charge on any atom is 0.255 e. The van der Waals surface area contributed by atoms with Crippen molar-refractivity contribution < 1.29 is 14.3 Å². The molecule has 142 valence electrons. The number of benzene rings is 3. The average molecular weight is 395 g/mol. The van der Waals surface area contributed by atoms with Gasteiger partial charge in [0.2, 0.25) is 0 Å². The lowest BCUT2D eigenvalue weighted by Crippen LogP contribution is -2.14. The van der Waals surface area contributed by atoms with E-state index in [1.54, 1.807) is 66.7 Å². The summed E-state index contributed by atoms with van der Waals surface area (Å²) in [4.78, 5) is 24.8. The number of nitrogens with one attached hydrogen (secondary N) is 2. The molecule has 0 heterocycles. The quantitative estimate of drug-likeness (QED) is 0.600. The first-order chi connectivity index (χ1) is 13.6. The summed E-state index contributed by atoms with van der Waals surface area (Å²) < 4.78 is 5.37. The summed E-state index contributed by atoms with van der Waals surface area (Å²) in [6.45, 7) is 2.35. The van der Waals surface area contributed by atoms with Crippen LogP contribution >= 0.6 is 11.6 Å². The number of amides is 2. The van der Waals surface area contributed by atoms with Crippen LogP contribution in [0.4, 0.5) is 11.4 Å². The van der Waals surface area contributed by atoms with Gasteiger partial charge in [0.05, 0.1) is 11.6 Å². The second-order valence-electron chi connectivity index (χ2n) is 5.93. The zero-order valence-electron chi connectivity index (χ0n) is 15.2. The van der Waals surface area contributed by atoms with E-state index in [1.165, 1.54) is 0 Å². The Balaban J connectivity index is 1.69. The number of hydrogen-bond donors (Lipinski definition) is 2. The molecule has 0 saturated carbocycles. The first-order valence-electron chi connectivity index (χ1n) is 8.77. The Morgan fingerprint density at radius 2 is 1.46 bits per heavy atom. The summed E-state index contributed by atoms with van der Waals surface area (Å²) in [6, 6.07) is 20.7. The standard InChI is InChI=1S/C22H19ClN2O3/c1-2-28-20-12-11-16(13-19(20)23)22(27)25-18-10-6-9-17(14-18)24-21(26)15-7-4-3-5-8-15/h3-14H,2H2,1H3,(H,24,26)(H,25,27). The molecule has 6 heteroatoms. The first-order valence-corrected chi connectivity index (χ1v) is 9.15. The van der Waals surface area contributed by atoms with E-state index in [0.717, 1.165) is 0 Å². The van der Waals surface area contributed by atoms with Crippen molar-refractivity contribution in [1.29, 1.82) is 0 Å². The highest BCUT2D eigenvalue weighted by Crippen LogP contribution is 2.26. The number of halogens is 1. The van der Waals surface area contributed by atoms with Crippen LogP contribution in [0, 0.1) is 0 Å². The van der Waals surface area contributed by atoms with E-state index < -0.39 is 0 Å². The van der Waals surface area contributed by atoms with Gasteiger partial charge in [-0.15, -0.1) is 0 Å². The van der Waals surface area contributed by atoms with Crippen molar-refractivity contribution in [3.05, 3.63) is 88.9 Å². The van der Waals surface area contributed by atoms with E-state index in [1.807, 2.05) is 13.0 Å². The molecule has 0 atom stereocenters. The van der Waals surface area contributed by atoms with Gasteiger partial charge in [0.1, 0.15) is 5.75 Å².